The van der Waals surface area contributed by atoms with Crippen molar-refractivity contribution in [2.24, 2.45) is 11.3 Å². The Kier molecular flexibility index (Phi) is 6.44. The molecular formula is C17H32O5Si. The average molecular weight is 345 g/mol. The molecule has 0 atom stereocenters. The van der Waals surface area contributed by atoms with Crippen molar-refractivity contribution in [1.29, 1.82) is 0 Å². The van der Waals surface area contributed by atoms with Crippen molar-refractivity contribution in [1.82, 2.24) is 0 Å². The fraction of sp³-hybridized carbons (Fsp3) is 0.882. The number of carbonyl (C=O) groups is 2. The standard InChI is InChI=1S/C17H32O5Si/c1-16(2,3)23(6,7)22-12-13-8-10-17(11-9-13,14(18)20-4)15(19)21-5/h13H,8-12H2,1-7H3. The van der Waals surface area contributed by atoms with Crippen molar-refractivity contribution in [2.75, 3.05) is 20.8 Å². The van der Waals surface area contributed by atoms with E-state index < -0.39 is 25.7 Å². The Morgan fingerprint density at radius 2 is 1.48 bits per heavy atom. The van der Waals surface area contributed by atoms with Crippen LogP contribution in [-0.4, -0.2) is 41.1 Å². The Balaban J connectivity index is 2.67. The molecule has 6 heteroatoms. The highest BCUT2D eigenvalue weighted by Gasteiger charge is 2.50. The van der Waals surface area contributed by atoms with E-state index in [1.165, 1.54) is 14.2 Å². The summed E-state index contributed by atoms with van der Waals surface area (Å²) < 4.78 is 16.0. The number of rotatable bonds is 5. The summed E-state index contributed by atoms with van der Waals surface area (Å²) in [6.45, 7) is 11.8. The predicted octanol–water partition coefficient (Wildman–Crippen LogP) is 3.53. The van der Waals surface area contributed by atoms with Crippen LogP contribution in [0.3, 0.4) is 0 Å². The summed E-state index contributed by atoms with van der Waals surface area (Å²) in [5, 5.41) is 0.184. The monoisotopic (exact) mass is 344 g/mol. The van der Waals surface area contributed by atoms with Crippen molar-refractivity contribution in [3.63, 3.8) is 0 Å². The Bertz CT molecular complexity index is 413. The van der Waals surface area contributed by atoms with Crippen molar-refractivity contribution >= 4 is 20.3 Å². The first-order chi connectivity index (χ1) is 10.5. The zero-order valence-corrected chi connectivity index (χ0v) is 16.7. The Morgan fingerprint density at radius 3 is 1.83 bits per heavy atom. The summed E-state index contributed by atoms with van der Waals surface area (Å²) in [5.41, 5.74) is -1.13. The van der Waals surface area contributed by atoms with Crippen LogP contribution in [0, 0.1) is 11.3 Å². The van der Waals surface area contributed by atoms with Crippen LogP contribution in [0.25, 0.3) is 0 Å². The van der Waals surface area contributed by atoms with Gasteiger partial charge in [0.2, 0.25) is 0 Å². The van der Waals surface area contributed by atoms with Crippen LogP contribution in [0.2, 0.25) is 18.1 Å². The van der Waals surface area contributed by atoms with Gasteiger partial charge in [0.1, 0.15) is 0 Å². The zero-order chi connectivity index (χ0) is 17.9. The predicted molar refractivity (Wildman–Crippen MR) is 91.6 cm³/mol. The van der Waals surface area contributed by atoms with Gasteiger partial charge in [0.15, 0.2) is 13.7 Å². The lowest BCUT2D eigenvalue weighted by molar-refractivity contribution is -0.172. The number of ether oxygens (including phenoxy) is 2. The molecule has 0 radical (unpaired) electrons. The van der Waals surface area contributed by atoms with Crippen LogP contribution < -0.4 is 0 Å². The molecule has 0 bridgehead atoms. The quantitative estimate of drug-likeness (QED) is 0.434. The Hall–Kier alpha value is -0.883. The molecule has 1 saturated carbocycles. The molecule has 0 N–H and O–H groups in total. The van der Waals surface area contributed by atoms with Gasteiger partial charge in [-0.2, -0.15) is 0 Å². The largest absolute Gasteiger partial charge is 0.468 e. The van der Waals surface area contributed by atoms with Crippen molar-refractivity contribution < 1.29 is 23.5 Å². The van der Waals surface area contributed by atoms with Gasteiger partial charge in [0.05, 0.1) is 14.2 Å². The molecule has 0 amide bonds. The first-order valence-electron chi connectivity index (χ1n) is 8.31. The maximum atomic E-state index is 12.1. The van der Waals surface area contributed by atoms with Crippen LogP contribution in [0.4, 0.5) is 0 Å². The molecule has 134 valence electrons. The Morgan fingerprint density at radius 1 is 1.04 bits per heavy atom. The van der Waals surface area contributed by atoms with Crippen LogP contribution >= 0.6 is 0 Å². The molecule has 1 fully saturated rings. The van der Waals surface area contributed by atoms with E-state index in [0.29, 0.717) is 25.4 Å². The van der Waals surface area contributed by atoms with Gasteiger partial charge in [-0.3, -0.25) is 9.59 Å². The second-order valence-electron chi connectivity index (χ2n) is 8.08. The van der Waals surface area contributed by atoms with E-state index in [0.717, 1.165) is 12.8 Å². The highest BCUT2D eigenvalue weighted by Crippen LogP contribution is 2.42. The van der Waals surface area contributed by atoms with Gasteiger partial charge in [-0.05, 0) is 49.7 Å². The Labute approximate surface area is 141 Å². The normalized spacial score (nSPS) is 19.3. The van der Waals surface area contributed by atoms with Crippen molar-refractivity contribution in [2.45, 2.75) is 64.6 Å². The van der Waals surface area contributed by atoms with E-state index in [4.69, 9.17) is 13.9 Å². The zero-order valence-electron chi connectivity index (χ0n) is 15.7. The molecule has 0 spiro atoms. The van der Waals surface area contributed by atoms with E-state index in [1.807, 2.05) is 0 Å². The molecule has 0 aromatic heterocycles. The molecule has 23 heavy (non-hydrogen) atoms. The smallest absolute Gasteiger partial charge is 0.323 e. The van der Waals surface area contributed by atoms with E-state index in [2.05, 4.69) is 33.9 Å². The minimum atomic E-state index is -1.77. The van der Waals surface area contributed by atoms with Gasteiger partial charge >= 0.3 is 11.9 Å². The molecule has 1 aliphatic carbocycles. The van der Waals surface area contributed by atoms with Gasteiger partial charge < -0.3 is 13.9 Å². The van der Waals surface area contributed by atoms with E-state index in [-0.39, 0.29) is 5.04 Å². The topological polar surface area (TPSA) is 61.8 Å². The highest BCUT2D eigenvalue weighted by molar-refractivity contribution is 6.74. The molecule has 0 unspecified atom stereocenters. The van der Waals surface area contributed by atoms with Crippen molar-refractivity contribution in [3.05, 3.63) is 0 Å². The molecule has 0 heterocycles. The number of methoxy groups -OCH3 is 2. The summed E-state index contributed by atoms with van der Waals surface area (Å²) in [4.78, 5) is 24.2. The van der Waals surface area contributed by atoms with Crippen LogP contribution in [0.15, 0.2) is 0 Å². The molecule has 1 aliphatic rings. The lowest BCUT2D eigenvalue weighted by Crippen LogP contribution is -2.46. The second-order valence-corrected chi connectivity index (χ2v) is 12.9. The van der Waals surface area contributed by atoms with Crippen LogP contribution in [0.1, 0.15) is 46.5 Å². The van der Waals surface area contributed by atoms with Gasteiger partial charge in [0.25, 0.3) is 0 Å². The van der Waals surface area contributed by atoms with Crippen LogP contribution in [-0.2, 0) is 23.5 Å². The summed E-state index contributed by atoms with van der Waals surface area (Å²) in [6, 6.07) is 0. The maximum absolute atomic E-state index is 12.1. The first kappa shape index (κ1) is 20.2. The molecule has 5 nitrogen and oxygen atoms in total. The average Bonchev–Trinajstić information content (AvgIpc) is 2.50. The first-order valence-corrected chi connectivity index (χ1v) is 11.2. The van der Waals surface area contributed by atoms with Gasteiger partial charge in [-0.15, -0.1) is 0 Å². The van der Waals surface area contributed by atoms with E-state index in [1.54, 1.807) is 0 Å². The molecule has 1 rings (SSSR count). The molecule has 0 aromatic carbocycles. The fourth-order valence-electron chi connectivity index (χ4n) is 2.76. The van der Waals surface area contributed by atoms with Crippen LogP contribution in [0.5, 0.6) is 0 Å². The SMILES string of the molecule is COC(=O)C1(C(=O)OC)CCC(CO[Si](C)(C)C(C)(C)C)CC1. The van der Waals surface area contributed by atoms with Gasteiger partial charge in [-0.25, -0.2) is 0 Å². The lowest BCUT2D eigenvalue weighted by atomic mass is 9.70. The summed E-state index contributed by atoms with van der Waals surface area (Å²) in [7, 11) is 0.873. The maximum Gasteiger partial charge on any atom is 0.323 e. The van der Waals surface area contributed by atoms with E-state index >= 15 is 0 Å². The molecule has 0 saturated heterocycles. The third-order valence-electron chi connectivity index (χ3n) is 5.60. The fourth-order valence-corrected chi connectivity index (χ4v) is 3.85. The lowest BCUT2D eigenvalue weighted by Gasteiger charge is -2.39. The second kappa shape index (κ2) is 7.34. The molecule has 0 aromatic rings. The molecular weight excluding hydrogens is 312 g/mol. The third-order valence-corrected chi connectivity index (χ3v) is 10.1. The molecule has 0 aliphatic heterocycles. The highest BCUT2D eigenvalue weighted by atomic mass is 28.4. The number of hydrogen-bond acceptors (Lipinski definition) is 5. The minimum Gasteiger partial charge on any atom is -0.468 e. The summed E-state index contributed by atoms with van der Waals surface area (Å²) in [6.07, 6.45) is 2.49. The number of hydrogen-bond donors (Lipinski definition) is 0. The van der Waals surface area contributed by atoms with Gasteiger partial charge in [0, 0.05) is 6.61 Å². The van der Waals surface area contributed by atoms with E-state index in [9.17, 15) is 9.59 Å². The summed E-state index contributed by atoms with van der Waals surface area (Å²) >= 11 is 0. The third kappa shape index (κ3) is 4.35. The minimum absolute atomic E-state index is 0.184. The van der Waals surface area contributed by atoms with Gasteiger partial charge in [-0.1, -0.05) is 20.8 Å². The summed E-state index contributed by atoms with van der Waals surface area (Å²) in [5.74, 6) is -0.576. The number of carbonyl (C=O) groups excluding carboxylic acids is 2. The van der Waals surface area contributed by atoms with Crippen molar-refractivity contribution in [3.8, 4) is 0 Å². The number of esters is 2.